The lowest BCUT2D eigenvalue weighted by molar-refractivity contribution is -0.122. The molecule has 1 amide bonds. The van der Waals surface area contributed by atoms with Crippen molar-refractivity contribution in [2.24, 2.45) is 10.8 Å². The fourth-order valence-corrected chi connectivity index (χ4v) is 3.17. The molecule has 2 saturated carbocycles. The largest absolute Gasteiger partial charge is 0.353 e. The highest BCUT2D eigenvalue weighted by Gasteiger charge is 2.43. The molecule has 0 aromatic carbocycles. The van der Waals surface area contributed by atoms with Crippen LogP contribution in [0.3, 0.4) is 0 Å². The zero-order chi connectivity index (χ0) is 11.8. The topological polar surface area (TPSA) is 29.1 Å². The molecule has 2 aliphatic carbocycles. The van der Waals surface area contributed by atoms with Gasteiger partial charge in [-0.1, -0.05) is 13.8 Å². The molecule has 0 heterocycles. The fraction of sp³-hybridized carbons (Fsp3) is 0.923. The summed E-state index contributed by atoms with van der Waals surface area (Å²) in [7, 11) is 0. The summed E-state index contributed by atoms with van der Waals surface area (Å²) in [5, 5.41) is 3.19. The van der Waals surface area contributed by atoms with E-state index >= 15 is 0 Å². The van der Waals surface area contributed by atoms with Gasteiger partial charge in [0.15, 0.2) is 0 Å². The van der Waals surface area contributed by atoms with Gasteiger partial charge in [0.25, 0.3) is 0 Å². The fourth-order valence-electron chi connectivity index (χ4n) is 2.75. The van der Waals surface area contributed by atoms with Crippen LogP contribution in [0.1, 0.15) is 52.4 Å². The summed E-state index contributed by atoms with van der Waals surface area (Å²) in [6.07, 6.45) is 6.56. The minimum atomic E-state index is 0.245. The van der Waals surface area contributed by atoms with E-state index in [9.17, 15) is 4.79 Å². The van der Waals surface area contributed by atoms with Crippen molar-refractivity contribution in [3.63, 3.8) is 0 Å². The summed E-state index contributed by atoms with van der Waals surface area (Å²) in [6, 6.07) is 0.415. The first-order valence-electron chi connectivity index (χ1n) is 6.35. The Balaban J connectivity index is 1.76. The van der Waals surface area contributed by atoms with Gasteiger partial charge in [0, 0.05) is 12.5 Å². The molecule has 2 aliphatic rings. The smallest absolute Gasteiger partial charge is 0.220 e. The first-order valence-corrected chi connectivity index (χ1v) is 6.98. The molecule has 1 atom stereocenters. The molecule has 16 heavy (non-hydrogen) atoms. The molecule has 1 unspecified atom stereocenters. The van der Waals surface area contributed by atoms with Crippen molar-refractivity contribution in [1.82, 2.24) is 5.32 Å². The van der Waals surface area contributed by atoms with Crippen LogP contribution < -0.4 is 5.32 Å². The molecule has 0 aliphatic heterocycles. The predicted octanol–water partition coefficient (Wildman–Crippen LogP) is 2.78. The number of carbonyl (C=O) groups excluding carboxylic acids is 1. The quantitative estimate of drug-likeness (QED) is 0.728. The number of carbonyl (C=O) groups is 1. The molecule has 2 fully saturated rings. The number of thiol groups is 1. The van der Waals surface area contributed by atoms with Crippen LogP contribution in [-0.2, 0) is 4.79 Å². The molecule has 92 valence electrons. The van der Waals surface area contributed by atoms with Gasteiger partial charge in [-0.2, -0.15) is 12.6 Å². The lowest BCUT2D eigenvalue weighted by Crippen LogP contribution is -2.35. The summed E-state index contributed by atoms with van der Waals surface area (Å²) >= 11 is 4.33. The monoisotopic (exact) mass is 241 g/mol. The molecular formula is C13H23NOS. The maximum atomic E-state index is 11.9. The highest BCUT2D eigenvalue weighted by Crippen LogP contribution is 2.49. The van der Waals surface area contributed by atoms with Crippen molar-refractivity contribution in [3.8, 4) is 0 Å². The standard InChI is InChI=1S/C13H23NOS/c1-12(2)4-3-10(7-12)14-11(15)8-13(9-16)5-6-13/h10,16H,3-9H2,1-2H3,(H,14,15). The number of nitrogens with one attached hydrogen (secondary N) is 1. The summed E-state index contributed by atoms with van der Waals surface area (Å²) in [5.74, 6) is 1.10. The highest BCUT2D eigenvalue weighted by atomic mass is 32.1. The van der Waals surface area contributed by atoms with E-state index in [-0.39, 0.29) is 11.3 Å². The third-order valence-corrected chi connectivity index (χ3v) is 4.83. The summed E-state index contributed by atoms with van der Waals surface area (Å²) in [6.45, 7) is 4.57. The van der Waals surface area contributed by atoms with Crippen LogP contribution in [0.2, 0.25) is 0 Å². The number of rotatable bonds is 4. The van der Waals surface area contributed by atoms with Crippen LogP contribution in [0.5, 0.6) is 0 Å². The number of hydrogen-bond acceptors (Lipinski definition) is 2. The summed E-state index contributed by atoms with van der Waals surface area (Å²) < 4.78 is 0. The average molecular weight is 241 g/mol. The van der Waals surface area contributed by atoms with Crippen molar-refractivity contribution < 1.29 is 4.79 Å². The zero-order valence-corrected chi connectivity index (χ0v) is 11.3. The van der Waals surface area contributed by atoms with E-state index in [0.29, 0.717) is 17.9 Å². The van der Waals surface area contributed by atoms with Gasteiger partial charge in [0.05, 0.1) is 0 Å². The van der Waals surface area contributed by atoms with Gasteiger partial charge in [-0.3, -0.25) is 4.79 Å². The lowest BCUT2D eigenvalue weighted by atomic mass is 9.92. The van der Waals surface area contributed by atoms with Crippen LogP contribution >= 0.6 is 12.6 Å². The average Bonchev–Trinajstić information content (AvgIpc) is 2.87. The predicted molar refractivity (Wildman–Crippen MR) is 69.7 cm³/mol. The van der Waals surface area contributed by atoms with Crippen LogP contribution in [0, 0.1) is 10.8 Å². The second kappa shape index (κ2) is 4.25. The lowest BCUT2D eigenvalue weighted by Gasteiger charge is -2.19. The van der Waals surface area contributed by atoms with Gasteiger partial charge in [-0.15, -0.1) is 0 Å². The van der Waals surface area contributed by atoms with E-state index in [4.69, 9.17) is 0 Å². The third-order valence-electron chi connectivity index (χ3n) is 4.16. The van der Waals surface area contributed by atoms with E-state index in [2.05, 4.69) is 31.8 Å². The Morgan fingerprint density at radius 2 is 2.06 bits per heavy atom. The molecule has 0 aromatic heterocycles. The third kappa shape index (κ3) is 2.93. The van der Waals surface area contributed by atoms with E-state index in [1.54, 1.807) is 0 Å². The summed E-state index contributed by atoms with van der Waals surface area (Å²) in [4.78, 5) is 11.9. The number of amides is 1. The van der Waals surface area contributed by atoms with Gasteiger partial charge in [-0.05, 0) is 48.7 Å². The van der Waals surface area contributed by atoms with E-state index in [1.165, 1.54) is 19.3 Å². The second-order valence-electron chi connectivity index (χ2n) is 6.51. The molecular weight excluding hydrogens is 218 g/mol. The molecule has 0 bridgehead atoms. The maximum Gasteiger partial charge on any atom is 0.220 e. The molecule has 0 saturated heterocycles. The van der Waals surface area contributed by atoms with Crippen molar-refractivity contribution in [2.75, 3.05) is 5.75 Å². The van der Waals surface area contributed by atoms with E-state index in [1.807, 2.05) is 0 Å². The van der Waals surface area contributed by atoms with Crippen molar-refractivity contribution >= 4 is 18.5 Å². The number of hydrogen-bond donors (Lipinski definition) is 2. The molecule has 2 rings (SSSR count). The van der Waals surface area contributed by atoms with Gasteiger partial charge in [0.2, 0.25) is 5.91 Å². The van der Waals surface area contributed by atoms with Crippen molar-refractivity contribution in [2.45, 2.75) is 58.4 Å². The molecule has 0 radical (unpaired) electrons. The van der Waals surface area contributed by atoms with Crippen LogP contribution in [0.4, 0.5) is 0 Å². The molecule has 3 heteroatoms. The van der Waals surface area contributed by atoms with Crippen LogP contribution in [-0.4, -0.2) is 17.7 Å². The van der Waals surface area contributed by atoms with Gasteiger partial charge < -0.3 is 5.32 Å². The minimum absolute atomic E-state index is 0.245. The van der Waals surface area contributed by atoms with Gasteiger partial charge in [-0.25, -0.2) is 0 Å². The molecule has 0 spiro atoms. The normalized spacial score (nSPS) is 30.1. The highest BCUT2D eigenvalue weighted by molar-refractivity contribution is 7.80. The minimum Gasteiger partial charge on any atom is -0.353 e. The molecule has 2 nitrogen and oxygen atoms in total. The Bertz CT molecular complexity index is 284. The first-order chi connectivity index (χ1) is 7.45. The van der Waals surface area contributed by atoms with Crippen LogP contribution in [0.25, 0.3) is 0 Å². The van der Waals surface area contributed by atoms with E-state index in [0.717, 1.165) is 18.6 Å². The second-order valence-corrected chi connectivity index (χ2v) is 6.82. The Morgan fingerprint density at radius 3 is 2.50 bits per heavy atom. The molecule has 0 aromatic rings. The first kappa shape index (κ1) is 12.3. The van der Waals surface area contributed by atoms with Gasteiger partial charge >= 0.3 is 0 Å². The Kier molecular flexibility index (Phi) is 3.26. The van der Waals surface area contributed by atoms with E-state index < -0.39 is 0 Å². The Hall–Kier alpha value is -0.180. The molecule has 1 N–H and O–H groups in total. The summed E-state index contributed by atoms with van der Waals surface area (Å²) in [5.41, 5.74) is 0.667. The van der Waals surface area contributed by atoms with Gasteiger partial charge in [0.1, 0.15) is 0 Å². The van der Waals surface area contributed by atoms with Crippen molar-refractivity contribution in [1.29, 1.82) is 0 Å². The Morgan fingerprint density at radius 1 is 1.38 bits per heavy atom. The zero-order valence-electron chi connectivity index (χ0n) is 10.4. The van der Waals surface area contributed by atoms with Crippen LogP contribution in [0.15, 0.2) is 0 Å². The SMILES string of the molecule is CC1(C)CCC(NC(=O)CC2(CS)CC2)C1. The maximum absolute atomic E-state index is 11.9. The van der Waals surface area contributed by atoms with Crippen molar-refractivity contribution in [3.05, 3.63) is 0 Å². The Labute approximate surface area is 104 Å².